The van der Waals surface area contributed by atoms with Gasteiger partial charge in [-0.15, -0.1) is 0 Å². The second-order valence-electron chi connectivity index (χ2n) is 5.55. The van der Waals surface area contributed by atoms with Crippen LogP contribution < -0.4 is 10.1 Å². The Labute approximate surface area is 141 Å². The molecule has 0 atom stereocenters. The van der Waals surface area contributed by atoms with Crippen LogP contribution in [0.1, 0.15) is 23.9 Å². The van der Waals surface area contributed by atoms with Gasteiger partial charge in [0.25, 0.3) is 0 Å². The molecule has 2 aromatic heterocycles. The van der Waals surface area contributed by atoms with Crippen molar-refractivity contribution in [2.45, 2.75) is 27.3 Å². The monoisotopic (exact) mass is 323 g/mol. The second-order valence-corrected chi connectivity index (χ2v) is 5.55. The average molecular weight is 323 g/mol. The van der Waals surface area contributed by atoms with Gasteiger partial charge >= 0.3 is 0 Å². The zero-order valence-corrected chi connectivity index (χ0v) is 14.2. The van der Waals surface area contributed by atoms with E-state index in [1.54, 1.807) is 6.20 Å². The number of anilines is 1. The van der Waals surface area contributed by atoms with Crippen molar-refractivity contribution in [3.05, 3.63) is 59.6 Å². The first-order valence-corrected chi connectivity index (χ1v) is 8.03. The number of ether oxygens (including phenoxy) is 1. The highest BCUT2D eigenvalue weighted by Gasteiger charge is 2.15. The van der Waals surface area contributed by atoms with E-state index in [4.69, 9.17) is 9.26 Å². The summed E-state index contributed by atoms with van der Waals surface area (Å²) in [6.07, 6.45) is 1.80. The fourth-order valence-electron chi connectivity index (χ4n) is 2.66. The number of aromatic nitrogens is 2. The number of hydrogen-bond acceptors (Lipinski definition) is 5. The van der Waals surface area contributed by atoms with Crippen molar-refractivity contribution < 1.29 is 9.26 Å². The lowest BCUT2D eigenvalue weighted by Gasteiger charge is -2.13. The number of rotatable bonds is 6. The molecule has 1 N–H and O–H groups in total. The second kappa shape index (κ2) is 7.17. The van der Waals surface area contributed by atoms with E-state index in [1.807, 2.05) is 45.0 Å². The molecular formula is C19H21N3O2. The predicted octanol–water partition coefficient (Wildman–Crippen LogP) is 4.36. The number of hydrogen-bond donors (Lipinski definition) is 1. The molecule has 0 aliphatic heterocycles. The van der Waals surface area contributed by atoms with Crippen molar-refractivity contribution >= 4 is 5.69 Å². The van der Waals surface area contributed by atoms with E-state index in [2.05, 4.69) is 27.6 Å². The van der Waals surface area contributed by atoms with Gasteiger partial charge in [-0.2, -0.15) is 0 Å². The first kappa shape index (κ1) is 16.1. The summed E-state index contributed by atoms with van der Waals surface area (Å²) in [5, 5.41) is 7.44. The van der Waals surface area contributed by atoms with Gasteiger partial charge in [-0.3, -0.25) is 0 Å². The third kappa shape index (κ3) is 3.40. The Morgan fingerprint density at radius 3 is 2.62 bits per heavy atom. The Kier molecular flexibility index (Phi) is 4.79. The molecule has 0 bridgehead atoms. The zero-order chi connectivity index (χ0) is 16.9. The summed E-state index contributed by atoms with van der Waals surface area (Å²) in [6.45, 7) is 7.05. The van der Waals surface area contributed by atoms with E-state index in [0.717, 1.165) is 28.3 Å². The molecule has 0 aliphatic carbocycles. The Bertz CT molecular complexity index is 793. The molecule has 124 valence electrons. The van der Waals surface area contributed by atoms with Crippen LogP contribution in [-0.4, -0.2) is 16.7 Å². The van der Waals surface area contributed by atoms with E-state index in [1.165, 1.54) is 5.56 Å². The molecule has 0 amide bonds. The molecule has 0 radical (unpaired) electrons. The van der Waals surface area contributed by atoms with Crippen LogP contribution in [-0.2, 0) is 6.54 Å². The van der Waals surface area contributed by atoms with Crippen LogP contribution in [0.25, 0.3) is 11.1 Å². The molecule has 24 heavy (non-hydrogen) atoms. The molecule has 0 spiro atoms. The summed E-state index contributed by atoms with van der Waals surface area (Å²) in [4.78, 5) is 4.46. The molecular weight excluding hydrogens is 302 g/mol. The lowest BCUT2D eigenvalue weighted by Crippen LogP contribution is -2.04. The molecule has 5 heteroatoms. The molecule has 0 aliphatic rings. The summed E-state index contributed by atoms with van der Waals surface area (Å²) < 4.78 is 10.9. The first-order chi connectivity index (χ1) is 11.7. The normalized spacial score (nSPS) is 10.6. The summed E-state index contributed by atoms with van der Waals surface area (Å²) >= 11 is 0. The van der Waals surface area contributed by atoms with E-state index in [0.29, 0.717) is 19.0 Å². The Hall–Kier alpha value is -2.82. The van der Waals surface area contributed by atoms with Crippen LogP contribution in [0.4, 0.5) is 5.69 Å². The average Bonchev–Trinajstić information content (AvgIpc) is 2.94. The van der Waals surface area contributed by atoms with E-state index >= 15 is 0 Å². The van der Waals surface area contributed by atoms with Crippen molar-refractivity contribution in [3.8, 4) is 17.0 Å². The van der Waals surface area contributed by atoms with Gasteiger partial charge in [-0.25, -0.2) is 4.98 Å². The first-order valence-electron chi connectivity index (χ1n) is 8.03. The van der Waals surface area contributed by atoms with Crippen molar-refractivity contribution in [2.75, 3.05) is 11.9 Å². The van der Waals surface area contributed by atoms with Crippen molar-refractivity contribution in [1.29, 1.82) is 0 Å². The summed E-state index contributed by atoms with van der Waals surface area (Å²) in [6, 6.07) is 12.3. The maximum absolute atomic E-state index is 5.65. The lowest BCUT2D eigenvalue weighted by molar-refractivity contribution is 0.328. The summed E-state index contributed by atoms with van der Waals surface area (Å²) in [7, 11) is 0. The molecule has 0 saturated heterocycles. The minimum absolute atomic E-state index is 0.567. The van der Waals surface area contributed by atoms with Crippen LogP contribution in [0.2, 0.25) is 0 Å². The van der Waals surface area contributed by atoms with Gasteiger partial charge < -0.3 is 14.6 Å². The van der Waals surface area contributed by atoms with Gasteiger partial charge in [0.15, 0.2) is 0 Å². The Morgan fingerprint density at radius 1 is 1.17 bits per heavy atom. The van der Waals surface area contributed by atoms with Gasteiger partial charge in [0.2, 0.25) is 5.88 Å². The molecule has 1 aromatic carbocycles. The van der Waals surface area contributed by atoms with E-state index in [9.17, 15) is 0 Å². The molecule has 0 unspecified atom stereocenters. The Balaban J connectivity index is 1.91. The zero-order valence-electron chi connectivity index (χ0n) is 14.2. The minimum atomic E-state index is 0.567. The van der Waals surface area contributed by atoms with Gasteiger partial charge in [0, 0.05) is 23.9 Å². The van der Waals surface area contributed by atoms with Crippen molar-refractivity contribution in [1.82, 2.24) is 10.1 Å². The number of nitrogens with one attached hydrogen (secondary N) is 1. The van der Waals surface area contributed by atoms with Crippen LogP contribution in [0.15, 0.2) is 47.1 Å². The van der Waals surface area contributed by atoms with Crippen LogP contribution in [0.3, 0.4) is 0 Å². The summed E-state index contributed by atoms with van der Waals surface area (Å²) in [5.74, 6) is 1.39. The van der Waals surface area contributed by atoms with Gasteiger partial charge in [-0.05, 0) is 32.4 Å². The molecule has 5 nitrogen and oxygen atoms in total. The van der Waals surface area contributed by atoms with Crippen molar-refractivity contribution in [2.24, 2.45) is 0 Å². The predicted molar refractivity (Wildman–Crippen MR) is 94.1 cm³/mol. The number of aryl methyl sites for hydroxylation is 2. The fourth-order valence-corrected chi connectivity index (χ4v) is 2.66. The van der Waals surface area contributed by atoms with Gasteiger partial charge in [-0.1, -0.05) is 35.5 Å². The third-order valence-corrected chi connectivity index (χ3v) is 3.78. The maximum atomic E-state index is 5.65. The Morgan fingerprint density at radius 2 is 1.96 bits per heavy atom. The van der Waals surface area contributed by atoms with Crippen LogP contribution in [0.5, 0.6) is 5.88 Å². The smallest absolute Gasteiger partial charge is 0.237 e. The van der Waals surface area contributed by atoms with E-state index in [-0.39, 0.29) is 0 Å². The molecule has 3 aromatic rings. The highest BCUT2D eigenvalue weighted by atomic mass is 16.5. The fraction of sp³-hybridized carbons (Fsp3) is 0.263. The minimum Gasteiger partial charge on any atom is -0.476 e. The number of pyridine rings is 1. The van der Waals surface area contributed by atoms with Crippen LogP contribution in [0, 0.1) is 13.8 Å². The number of benzene rings is 1. The van der Waals surface area contributed by atoms with E-state index < -0.39 is 0 Å². The van der Waals surface area contributed by atoms with Crippen LogP contribution >= 0.6 is 0 Å². The quantitative estimate of drug-likeness (QED) is 0.730. The van der Waals surface area contributed by atoms with Gasteiger partial charge in [0.1, 0.15) is 5.76 Å². The molecule has 3 rings (SSSR count). The largest absolute Gasteiger partial charge is 0.476 e. The number of nitrogens with zero attached hydrogens (tertiary/aromatic N) is 2. The standard InChI is InChI=1S/C19H21N3O2/c1-4-23-19-17(20-11-15-8-6-5-7-9-15)10-16(12-21-19)18-13(2)22-24-14(18)3/h5-10,12,20H,4,11H2,1-3H3. The topological polar surface area (TPSA) is 60.2 Å². The highest BCUT2D eigenvalue weighted by molar-refractivity contribution is 5.72. The summed E-state index contributed by atoms with van der Waals surface area (Å²) in [5.41, 5.74) is 4.85. The SMILES string of the molecule is CCOc1ncc(-c2c(C)noc2C)cc1NCc1ccccc1. The molecule has 0 fully saturated rings. The van der Waals surface area contributed by atoms with Gasteiger partial charge in [0.05, 0.1) is 18.0 Å². The molecule has 0 saturated carbocycles. The third-order valence-electron chi connectivity index (χ3n) is 3.78. The molecule has 2 heterocycles. The maximum Gasteiger partial charge on any atom is 0.237 e. The van der Waals surface area contributed by atoms with Crippen molar-refractivity contribution in [3.63, 3.8) is 0 Å². The highest BCUT2D eigenvalue weighted by Crippen LogP contribution is 2.32. The lowest BCUT2D eigenvalue weighted by atomic mass is 10.1.